The number of fused-ring (bicyclic) bond motifs is 2. The van der Waals surface area contributed by atoms with Crippen LogP contribution in [-0.2, 0) is 6.54 Å². The number of nitrogens with zero attached hydrogens (tertiary/aromatic N) is 3. The summed E-state index contributed by atoms with van der Waals surface area (Å²) in [7, 11) is 0. The van der Waals surface area contributed by atoms with Crippen LogP contribution in [0.1, 0.15) is 16.8 Å². The normalized spacial score (nSPS) is 11.3. The van der Waals surface area contributed by atoms with Crippen molar-refractivity contribution in [1.82, 2.24) is 14.5 Å². The fourth-order valence-electron chi connectivity index (χ4n) is 3.92. The molecule has 4 nitrogen and oxygen atoms in total. The second kappa shape index (κ2) is 7.47. The van der Waals surface area contributed by atoms with Gasteiger partial charge in [-0.1, -0.05) is 41.9 Å². The van der Waals surface area contributed by atoms with Gasteiger partial charge in [-0.25, -0.2) is 4.98 Å². The predicted molar refractivity (Wildman–Crippen MR) is 122 cm³/mol. The number of ether oxygens (including phenoxy) is 1. The molecule has 0 saturated carbocycles. The van der Waals surface area contributed by atoms with Gasteiger partial charge in [0.25, 0.3) is 0 Å². The Morgan fingerprint density at radius 1 is 0.933 bits per heavy atom. The summed E-state index contributed by atoms with van der Waals surface area (Å²) >= 11 is 6.45. The number of benzene rings is 2. The zero-order chi connectivity index (χ0) is 20.7. The Morgan fingerprint density at radius 2 is 1.77 bits per heavy atom. The third kappa shape index (κ3) is 3.10. The van der Waals surface area contributed by atoms with Crippen molar-refractivity contribution < 1.29 is 4.74 Å². The number of halogens is 1. The Kier molecular flexibility index (Phi) is 4.64. The van der Waals surface area contributed by atoms with Crippen LogP contribution in [0.15, 0.2) is 73.2 Å². The molecule has 148 valence electrons. The predicted octanol–water partition coefficient (Wildman–Crippen LogP) is 6.70. The third-order valence-corrected chi connectivity index (χ3v) is 6.01. The van der Waals surface area contributed by atoms with Gasteiger partial charge in [0, 0.05) is 52.0 Å². The number of aryl methyl sites for hydroxylation is 1. The van der Waals surface area contributed by atoms with Crippen molar-refractivity contribution in [1.29, 1.82) is 0 Å². The van der Waals surface area contributed by atoms with E-state index in [-0.39, 0.29) is 0 Å². The van der Waals surface area contributed by atoms with E-state index >= 15 is 0 Å². The number of pyridine rings is 2. The first-order chi connectivity index (χ1) is 14.6. The molecule has 30 heavy (non-hydrogen) atoms. The molecule has 0 saturated heterocycles. The van der Waals surface area contributed by atoms with Crippen LogP contribution in [0.2, 0.25) is 5.02 Å². The first-order valence-corrected chi connectivity index (χ1v) is 10.2. The summed E-state index contributed by atoms with van der Waals surface area (Å²) in [5, 5.41) is 3.92. The summed E-state index contributed by atoms with van der Waals surface area (Å²) in [5.41, 5.74) is 4.42. The molecule has 3 aromatic heterocycles. The fraction of sp³-hybridized carbons (Fsp3) is 0.120. The van der Waals surface area contributed by atoms with Gasteiger partial charge in [0.2, 0.25) is 5.88 Å². The summed E-state index contributed by atoms with van der Waals surface area (Å²) < 4.78 is 8.63. The Labute approximate surface area is 179 Å². The molecule has 5 rings (SSSR count). The van der Waals surface area contributed by atoms with E-state index in [1.807, 2.05) is 54.7 Å². The molecule has 0 radical (unpaired) electrons. The highest BCUT2D eigenvalue weighted by atomic mass is 35.5. The van der Waals surface area contributed by atoms with Crippen LogP contribution < -0.4 is 4.74 Å². The Balaban J connectivity index is 1.68. The molecule has 3 heterocycles. The molecule has 0 aliphatic rings. The highest BCUT2D eigenvalue weighted by molar-refractivity contribution is 6.31. The van der Waals surface area contributed by atoms with E-state index in [9.17, 15) is 0 Å². The highest BCUT2D eigenvalue weighted by Gasteiger charge is 2.18. The topological polar surface area (TPSA) is 39.9 Å². The van der Waals surface area contributed by atoms with Gasteiger partial charge in [0.1, 0.15) is 11.3 Å². The molecule has 5 aromatic rings. The third-order valence-electron chi connectivity index (χ3n) is 5.65. The van der Waals surface area contributed by atoms with E-state index in [0.717, 1.165) is 38.0 Å². The van der Waals surface area contributed by atoms with Crippen LogP contribution in [0.5, 0.6) is 11.6 Å². The maximum Gasteiger partial charge on any atom is 0.244 e. The summed E-state index contributed by atoms with van der Waals surface area (Å²) in [6, 6.07) is 17.9. The lowest BCUT2D eigenvalue weighted by Crippen LogP contribution is -2.04. The van der Waals surface area contributed by atoms with Gasteiger partial charge < -0.3 is 9.30 Å². The van der Waals surface area contributed by atoms with Crippen molar-refractivity contribution in [2.45, 2.75) is 20.4 Å². The maximum atomic E-state index is 6.45. The fourth-order valence-corrected chi connectivity index (χ4v) is 4.11. The van der Waals surface area contributed by atoms with Crippen LogP contribution in [0.3, 0.4) is 0 Å². The van der Waals surface area contributed by atoms with Crippen LogP contribution in [-0.4, -0.2) is 14.5 Å². The lowest BCUT2D eigenvalue weighted by molar-refractivity contribution is 0.471. The van der Waals surface area contributed by atoms with Gasteiger partial charge in [-0.05, 0) is 49.2 Å². The molecular weight excluding hydrogens is 394 g/mol. The standard InChI is InChI=1S/C25H20ClN3O/c1-16-17(2)29(15-19-6-3-4-8-22(19)26)24-20(16)11-13-28-25(24)30-23-9-5-7-18-14-27-12-10-21(18)23/h3-14H,15H2,1-2H3. The zero-order valence-corrected chi connectivity index (χ0v) is 17.5. The lowest BCUT2D eigenvalue weighted by atomic mass is 10.1. The molecule has 5 heteroatoms. The molecule has 0 spiro atoms. The Bertz CT molecular complexity index is 1390. The second-order valence-corrected chi connectivity index (χ2v) is 7.76. The van der Waals surface area contributed by atoms with Crippen molar-refractivity contribution in [2.75, 3.05) is 0 Å². The van der Waals surface area contributed by atoms with E-state index in [1.54, 1.807) is 12.4 Å². The van der Waals surface area contributed by atoms with Gasteiger partial charge in [0.05, 0.1) is 0 Å². The monoisotopic (exact) mass is 413 g/mol. The van der Waals surface area contributed by atoms with Gasteiger partial charge in [0.15, 0.2) is 0 Å². The van der Waals surface area contributed by atoms with E-state index in [2.05, 4.69) is 34.4 Å². The van der Waals surface area contributed by atoms with Gasteiger partial charge in [-0.15, -0.1) is 0 Å². The van der Waals surface area contributed by atoms with Gasteiger partial charge >= 0.3 is 0 Å². The van der Waals surface area contributed by atoms with Crippen molar-refractivity contribution in [3.63, 3.8) is 0 Å². The molecule has 0 N–H and O–H groups in total. The minimum Gasteiger partial charge on any atom is -0.436 e. The number of aromatic nitrogens is 3. The van der Waals surface area contributed by atoms with Crippen LogP contribution in [0.25, 0.3) is 21.7 Å². The molecule has 0 aliphatic heterocycles. The minimum atomic E-state index is 0.583. The average molecular weight is 414 g/mol. The molecule has 0 bridgehead atoms. The summed E-state index contributed by atoms with van der Waals surface area (Å²) in [6.07, 6.45) is 5.42. The van der Waals surface area contributed by atoms with E-state index < -0.39 is 0 Å². The van der Waals surface area contributed by atoms with Crippen molar-refractivity contribution in [2.24, 2.45) is 0 Å². The summed E-state index contributed by atoms with van der Waals surface area (Å²) in [5.74, 6) is 1.34. The Morgan fingerprint density at radius 3 is 2.63 bits per heavy atom. The van der Waals surface area contributed by atoms with Gasteiger partial charge in [-0.3, -0.25) is 4.98 Å². The first kappa shape index (κ1) is 18.6. The number of hydrogen-bond donors (Lipinski definition) is 0. The molecule has 0 atom stereocenters. The molecular formula is C25H20ClN3O. The zero-order valence-electron chi connectivity index (χ0n) is 16.8. The molecule has 0 amide bonds. The van der Waals surface area contributed by atoms with Crippen LogP contribution >= 0.6 is 11.6 Å². The van der Waals surface area contributed by atoms with E-state index in [0.29, 0.717) is 12.4 Å². The molecule has 2 aromatic carbocycles. The largest absolute Gasteiger partial charge is 0.436 e. The van der Waals surface area contributed by atoms with Crippen LogP contribution in [0, 0.1) is 13.8 Å². The average Bonchev–Trinajstić information content (AvgIpc) is 3.01. The number of rotatable bonds is 4. The molecule has 0 unspecified atom stereocenters. The van der Waals surface area contributed by atoms with Crippen LogP contribution in [0.4, 0.5) is 0 Å². The maximum absolute atomic E-state index is 6.45. The van der Waals surface area contributed by atoms with E-state index in [4.69, 9.17) is 16.3 Å². The Hall–Kier alpha value is -3.37. The first-order valence-electron chi connectivity index (χ1n) is 9.82. The number of hydrogen-bond acceptors (Lipinski definition) is 3. The second-order valence-electron chi connectivity index (χ2n) is 7.36. The molecule has 0 aliphatic carbocycles. The lowest BCUT2D eigenvalue weighted by Gasteiger charge is -2.13. The van der Waals surface area contributed by atoms with Crippen molar-refractivity contribution in [3.8, 4) is 11.6 Å². The summed E-state index contributed by atoms with van der Waals surface area (Å²) in [4.78, 5) is 8.80. The highest BCUT2D eigenvalue weighted by Crippen LogP contribution is 2.36. The van der Waals surface area contributed by atoms with Crippen molar-refractivity contribution in [3.05, 3.63) is 95.0 Å². The smallest absolute Gasteiger partial charge is 0.244 e. The van der Waals surface area contributed by atoms with Gasteiger partial charge in [-0.2, -0.15) is 0 Å². The van der Waals surface area contributed by atoms with Crippen molar-refractivity contribution >= 4 is 33.3 Å². The summed E-state index contributed by atoms with van der Waals surface area (Å²) in [6.45, 7) is 4.91. The molecule has 0 fully saturated rings. The SMILES string of the molecule is Cc1c(C)n(Cc2ccccc2Cl)c2c(Oc3cccc4cnccc34)nccc12. The quantitative estimate of drug-likeness (QED) is 0.329. The van der Waals surface area contributed by atoms with E-state index in [1.165, 1.54) is 11.3 Å². The minimum absolute atomic E-state index is 0.583.